The Morgan fingerprint density at radius 3 is 2.79 bits per heavy atom. The summed E-state index contributed by atoms with van der Waals surface area (Å²) in [6.45, 7) is 8.44. The number of hydrogen-bond acceptors (Lipinski definition) is 3. The minimum atomic E-state index is 0.0874. The third-order valence-corrected chi connectivity index (χ3v) is 3.15. The summed E-state index contributed by atoms with van der Waals surface area (Å²) in [5.74, 6) is 0.754. The van der Waals surface area contributed by atoms with Crippen molar-refractivity contribution in [2.24, 2.45) is 5.92 Å². The fourth-order valence-corrected chi connectivity index (χ4v) is 1.97. The maximum atomic E-state index is 8.99. The molecule has 80 valence electrons. The maximum absolute atomic E-state index is 8.99. The smallest absolute Gasteiger partial charge is 0.110 e. The molecule has 1 rings (SSSR count). The molecule has 1 aliphatic heterocycles. The molecule has 1 aliphatic rings. The van der Waals surface area contributed by atoms with Crippen molar-refractivity contribution in [2.45, 2.75) is 32.7 Å². The molecule has 0 saturated carbocycles. The Labute approximate surface area is 87.1 Å². The third-order valence-electron chi connectivity index (χ3n) is 3.15. The van der Waals surface area contributed by atoms with Gasteiger partial charge in [-0.15, -0.1) is 0 Å². The van der Waals surface area contributed by atoms with Gasteiger partial charge in [-0.25, -0.2) is 0 Å². The van der Waals surface area contributed by atoms with E-state index in [9.17, 15) is 0 Å². The molecule has 0 aromatic carbocycles. The zero-order valence-electron chi connectivity index (χ0n) is 9.29. The van der Waals surface area contributed by atoms with Crippen molar-refractivity contribution in [2.75, 3.05) is 26.2 Å². The van der Waals surface area contributed by atoms with E-state index in [-0.39, 0.29) is 6.04 Å². The molecule has 1 unspecified atom stereocenters. The van der Waals surface area contributed by atoms with E-state index in [0.717, 1.165) is 32.1 Å². The van der Waals surface area contributed by atoms with Gasteiger partial charge in [-0.1, -0.05) is 26.7 Å². The molecular weight excluding hydrogens is 174 g/mol. The van der Waals surface area contributed by atoms with Gasteiger partial charge in [-0.3, -0.25) is 4.90 Å². The monoisotopic (exact) mass is 195 g/mol. The quantitative estimate of drug-likeness (QED) is 0.733. The van der Waals surface area contributed by atoms with E-state index in [1.54, 1.807) is 0 Å². The number of nitrogens with one attached hydrogen (secondary N) is 1. The summed E-state index contributed by atoms with van der Waals surface area (Å²) in [4.78, 5) is 2.33. The summed E-state index contributed by atoms with van der Waals surface area (Å²) >= 11 is 0. The second kappa shape index (κ2) is 6.00. The Balaban J connectivity index is 2.44. The van der Waals surface area contributed by atoms with Crippen molar-refractivity contribution in [1.82, 2.24) is 10.2 Å². The minimum Gasteiger partial charge on any atom is -0.313 e. The molecule has 1 N–H and O–H groups in total. The van der Waals surface area contributed by atoms with E-state index in [2.05, 4.69) is 30.1 Å². The van der Waals surface area contributed by atoms with Crippen molar-refractivity contribution < 1.29 is 0 Å². The molecular formula is C11H21N3. The molecule has 3 nitrogen and oxygen atoms in total. The Hall–Kier alpha value is -0.590. The molecule has 3 heteroatoms. The summed E-state index contributed by atoms with van der Waals surface area (Å²) in [6, 6.07) is 2.46. The molecule has 1 fully saturated rings. The highest BCUT2D eigenvalue weighted by Crippen LogP contribution is 2.12. The van der Waals surface area contributed by atoms with Gasteiger partial charge in [-0.05, 0) is 5.92 Å². The van der Waals surface area contributed by atoms with E-state index in [0.29, 0.717) is 0 Å². The van der Waals surface area contributed by atoms with Crippen LogP contribution in [0, 0.1) is 17.2 Å². The Morgan fingerprint density at radius 1 is 1.50 bits per heavy atom. The van der Waals surface area contributed by atoms with Gasteiger partial charge in [0, 0.05) is 26.2 Å². The zero-order chi connectivity index (χ0) is 10.4. The van der Waals surface area contributed by atoms with Crippen LogP contribution in [-0.4, -0.2) is 37.1 Å². The number of piperazine rings is 1. The largest absolute Gasteiger partial charge is 0.313 e. The topological polar surface area (TPSA) is 39.1 Å². The summed E-state index contributed by atoms with van der Waals surface area (Å²) in [5, 5.41) is 12.2. The molecule has 1 atom stereocenters. The Kier molecular flexibility index (Phi) is 4.92. The van der Waals surface area contributed by atoms with Crippen molar-refractivity contribution in [3.05, 3.63) is 0 Å². The highest BCUT2D eigenvalue weighted by Gasteiger charge is 2.23. The lowest BCUT2D eigenvalue weighted by Crippen LogP contribution is -2.51. The molecule has 1 heterocycles. The SMILES string of the molecule is CCC(CC)CN1CCNCC1C#N. The number of nitrogens with zero attached hydrogens (tertiary/aromatic N) is 2. The van der Waals surface area contributed by atoms with Gasteiger partial charge in [0.25, 0.3) is 0 Å². The van der Waals surface area contributed by atoms with Gasteiger partial charge in [0.2, 0.25) is 0 Å². The van der Waals surface area contributed by atoms with E-state index >= 15 is 0 Å². The average molecular weight is 195 g/mol. The van der Waals surface area contributed by atoms with E-state index in [1.165, 1.54) is 12.8 Å². The van der Waals surface area contributed by atoms with Gasteiger partial charge in [-0.2, -0.15) is 5.26 Å². The van der Waals surface area contributed by atoms with Crippen LogP contribution >= 0.6 is 0 Å². The van der Waals surface area contributed by atoms with E-state index < -0.39 is 0 Å². The van der Waals surface area contributed by atoms with Crippen LogP contribution in [-0.2, 0) is 0 Å². The lowest BCUT2D eigenvalue weighted by Gasteiger charge is -2.34. The molecule has 0 aromatic heterocycles. The fraction of sp³-hybridized carbons (Fsp3) is 0.909. The molecule has 0 radical (unpaired) electrons. The van der Waals surface area contributed by atoms with Crippen LogP contribution in [0.15, 0.2) is 0 Å². The van der Waals surface area contributed by atoms with E-state index in [4.69, 9.17) is 5.26 Å². The van der Waals surface area contributed by atoms with Gasteiger partial charge >= 0.3 is 0 Å². The van der Waals surface area contributed by atoms with Crippen LogP contribution in [0.3, 0.4) is 0 Å². The maximum Gasteiger partial charge on any atom is 0.110 e. The number of nitriles is 1. The van der Waals surface area contributed by atoms with Crippen LogP contribution in [0.2, 0.25) is 0 Å². The normalized spacial score (nSPS) is 23.7. The zero-order valence-corrected chi connectivity index (χ0v) is 9.29. The highest BCUT2D eigenvalue weighted by atomic mass is 15.2. The predicted molar refractivity (Wildman–Crippen MR) is 57.9 cm³/mol. The number of rotatable bonds is 4. The minimum absolute atomic E-state index is 0.0874. The molecule has 0 amide bonds. The molecule has 0 spiro atoms. The first-order chi connectivity index (χ1) is 6.81. The second-order valence-electron chi connectivity index (χ2n) is 4.03. The van der Waals surface area contributed by atoms with Crippen LogP contribution in [0.5, 0.6) is 0 Å². The molecule has 0 aromatic rings. The third kappa shape index (κ3) is 2.97. The van der Waals surface area contributed by atoms with Gasteiger partial charge in [0.05, 0.1) is 6.07 Å². The second-order valence-corrected chi connectivity index (χ2v) is 4.03. The van der Waals surface area contributed by atoms with Gasteiger partial charge in [0.1, 0.15) is 6.04 Å². The fourth-order valence-electron chi connectivity index (χ4n) is 1.97. The molecule has 0 bridgehead atoms. The van der Waals surface area contributed by atoms with Crippen LogP contribution < -0.4 is 5.32 Å². The van der Waals surface area contributed by atoms with Crippen molar-refractivity contribution >= 4 is 0 Å². The van der Waals surface area contributed by atoms with E-state index in [1.807, 2.05) is 0 Å². The molecule has 1 saturated heterocycles. The first-order valence-electron chi connectivity index (χ1n) is 5.66. The summed E-state index contributed by atoms with van der Waals surface area (Å²) in [7, 11) is 0. The van der Waals surface area contributed by atoms with Crippen molar-refractivity contribution in [1.29, 1.82) is 5.26 Å². The summed E-state index contributed by atoms with van der Waals surface area (Å²) in [5.41, 5.74) is 0. The molecule has 14 heavy (non-hydrogen) atoms. The molecule has 0 aliphatic carbocycles. The summed E-state index contributed by atoms with van der Waals surface area (Å²) in [6.07, 6.45) is 2.44. The van der Waals surface area contributed by atoms with Gasteiger partial charge < -0.3 is 5.32 Å². The van der Waals surface area contributed by atoms with Crippen LogP contribution in [0.1, 0.15) is 26.7 Å². The van der Waals surface area contributed by atoms with Gasteiger partial charge in [0.15, 0.2) is 0 Å². The van der Waals surface area contributed by atoms with Crippen molar-refractivity contribution in [3.63, 3.8) is 0 Å². The Morgan fingerprint density at radius 2 is 2.21 bits per heavy atom. The number of hydrogen-bond donors (Lipinski definition) is 1. The first kappa shape index (κ1) is 11.5. The average Bonchev–Trinajstić information content (AvgIpc) is 2.26. The Bertz CT molecular complexity index is 193. The standard InChI is InChI=1S/C11H21N3/c1-3-10(4-2)9-14-6-5-13-8-11(14)7-12/h10-11,13H,3-6,8-9H2,1-2H3. The lowest BCUT2D eigenvalue weighted by molar-refractivity contribution is 0.164. The van der Waals surface area contributed by atoms with Crippen molar-refractivity contribution in [3.8, 4) is 6.07 Å². The highest BCUT2D eigenvalue weighted by molar-refractivity contribution is 4.96. The lowest BCUT2D eigenvalue weighted by atomic mass is 10.0. The van der Waals surface area contributed by atoms with Crippen LogP contribution in [0.4, 0.5) is 0 Å². The summed E-state index contributed by atoms with van der Waals surface area (Å²) < 4.78 is 0. The van der Waals surface area contributed by atoms with Crippen LogP contribution in [0.25, 0.3) is 0 Å². The first-order valence-corrected chi connectivity index (χ1v) is 5.66. The predicted octanol–water partition coefficient (Wildman–Crippen LogP) is 1.22.